The van der Waals surface area contributed by atoms with E-state index in [9.17, 15) is 18.0 Å². The van der Waals surface area contributed by atoms with Crippen LogP contribution < -0.4 is 5.73 Å². The van der Waals surface area contributed by atoms with Gasteiger partial charge in [0.2, 0.25) is 0 Å². The molecule has 0 unspecified atom stereocenters. The van der Waals surface area contributed by atoms with Gasteiger partial charge < -0.3 is 5.73 Å². The molecule has 19 heavy (non-hydrogen) atoms. The smallest absolute Gasteiger partial charge is 0.383 e. The second-order valence-electron chi connectivity index (χ2n) is 3.97. The van der Waals surface area contributed by atoms with Crippen molar-refractivity contribution in [2.75, 3.05) is 5.73 Å². The molecule has 1 heterocycles. The fraction of sp³-hybridized carbons (Fsp3) is 0.167. The van der Waals surface area contributed by atoms with Crippen LogP contribution in [0.2, 0.25) is 0 Å². The molecule has 0 atom stereocenters. The molecule has 0 spiro atoms. The van der Waals surface area contributed by atoms with Crippen molar-refractivity contribution in [3.8, 4) is 0 Å². The summed E-state index contributed by atoms with van der Waals surface area (Å²) in [4.78, 5) is 12.0. The average Bonchev–Trinajstić information content (AvgIpc) is 2.68. The molecule has 2 N–H and O–H groups in total. The minimum absolute atomic E-state index is 0.132. The van der Waals surface area contributed by atoms with Crippen LogP contribution in [0.25, 0.3) is 0 Å². The van der Waals surface area contributed by atoms with Crippen molar-refractivity contribution in [1.29, 1.82) is 0 Å². The lowest BCUT2D eigenvalue weighted by Crippen LogP contribution is -2.08. The third kappa shape index (κ3) is 2.44. The van der Waals surface area contributed by atoms with Gasteiger partial charge in [0.25, 0.3) is 0 Å². The van der Waals surface area contributed by atoms with Crippen molar-refractivity contribution in [3.05, 3.63) is 47.2 Å². The molecule has 1 aromatic heterocycles. The molecule has 0 aliphatic carbocycles. The molecule has 0 aliphatic heterocycles. The van der Waals surface area contributed by atoms with Crippen molar-refractivity contribution in [2.45, 2.75) is 6.18 Å². The molecule has 2 aromatic rings. The highest BCUT2D eigenvalue weighted by atomic mass is 19.4. The van der Waals surface area contributed by atoms with Crippen molar-refractivity contribution in [1.82, 2.24) is 9.78 Å². The second kappa shape index (κ2) is 4.42. The first-order valence-corrected chi connectivity index (χ1v) is 5.30. The number of alkyl halides is 3. The number of halogens is 3. The SMILES string of the molecule is Cn1ncc(C(=O)c2ccc(C(F)(F)F)cc2)c1N. The number of ketones is 1. The van der Waals surface area contributed by atoms with Crippen LogP contribution in [0.3, 0.4) is 0 Å². The molecule has 0 amide bonds. The number of aryl methyl sites for hydroxylation is 1. The van der Waals surface area contributed by atoms with E-state index in [1.165, 1.54) is 10.9 Å². The van der Waals surface area contributed by atoms with Gasteiger partial charge >= 0.3 is 6.18 Å². The number of benzene rings is 1. The Morgan fingerprint density at radius 2 is 1.84 bits per heavy atom. The van der Waals surface area contributed by atoms with Crippen molar-refractivity contribution in [3.63, 3.8) is 0 Å². The fourth-order valence-electron chi connectivity index (χ4n) is 1.59. The quantitative estimate of drug-likeness (QED) is 0.850. The first-order chi connectivity index (χ1) is 8.80. The maximum atomic E-state index is 12.4. The van der Waals surface area contributed by atoms with E-state index in [4.69, 9.17) is 5.73 Å². The summed E-state index contributed by atoms with van der Waals surface area (Å²) < 4.78 is 38.5. The van der Waals surface area contributed by atoms with E-state index in [-0.39, 0.29) is 16.9 Å². The lowest BCUT2D eigenvalue weighted by Gasteiger charge is -2.07. The Balaban J connectivity index is 2.33. The van der Waals surface area contributed by atoms with Crippen LogP contribution in [0.15, 0.2) is 30.5 Å². The average molecular weight is 269 g/mol. The van der Waals surface area contributed by atoms with Crippen LogP contribution in [-0.4, -0.2) is 15.6 Å². The number of carbonyl (C=O) groups excluding carboxylic acids is 1. The number of nitrogens with zero attached hydrogens (tertiary/aromatic N) is 2. The first kappa shape index (κ1) is 13.1. The van der Waals surface area contributed by atoms with E-state index >= 15 is 0 Å². The van der Waals surface area contributed by atoms with Gasteiger partial charge in [0.05, 0.1) is 17.3 Å². The molecule has 0 bridgehead atoms. The molecule has 0 aliphatic rings. The normalized spacial score (nSPS) is 11.6. The maximum Gasteiger partial charge on any atom is 0.416 e. The predicted molar refractivity (Wildman–Crippen MR) is 62.5 cm³/mol. The number of hydrogen-bond acceptors (Lipinski definition) is 3. The number of rotatable bonds is 2. The van der Waals surface area contributed by atoms with E-state index in [2.05, 4.69) is 5.10 Å². The van der Waals surface area contributed by atoms with Crippen LogP contribution >= 0.6 is 0 Å². The van der Waals surface area contributed by atoms with Gasteiger partial charge in [0.15, 0.2) is 5.78 Å². The summed E-state index contributed by atoms with van der Waals surface area (Å²) >= 11 is 0. The number of nitrogen functional groups attached to an aromatic ring is 1. The standard InChI is InChI=1S/C12H10F3N3O/c1-18-11(16)9(6-17-18)10(19)7-2-4-8(5-3-7)12(13,14)15/h2-6H,16H2,1H3. The summed E-state index contributed by atoms with van der Waals surface area (Å²) in [5.74, 6) is -0.288. The van der Waals surface area contributed by atoms with E-state index in [1.807, 2.05) is 0 Å². The Morgan fingerprint density at radius 3 is 2.26 bits per heavy atom. The van der Waals surface area contributed by atoms with E-state index < -0.39 is 17.5 Å². The molecule has 0 fully saturated rings. The molecule has 7 heteroatoms. The highest BCUT2D eigenvalue weighted by Gasteiger charge is 2.30. The van der Waals surface area contributed by atoms with Crippen LogP contribution in [0.1, 0.15) is 21.5 Å². The summed E-state index contributed by atoms with van der Waals surface area (Å²) in [6, 6.07) is 3.97. The van der Waals surface area contributed by atoms with Crippen LogP contribution in [-0.2, 0) is 13.2 Å². The fourth-order valence-corrected chi connectivity index (χ4v) is 1.59. The molecule has 0 saturated carbocycles. The largest absolute Gasteiger partial charge is 0.416 e. The zero-order valence-electron chi connectivity index (χ0n) is 9.90. The van der Waals surface area contributed by atoms with Crippen LogP contribution in [0, 0.1) is 0 Å². The number of anilines is 1. The predicted octanol–water partition coefficient (Wildman–Crippen LogP) is 2.25. The van der Waals surface area contributed by atoms with Crippen molar-refractivity contribution >= 4 is 11.6 Å². The van der Waals surface area contributed by atoms with Gasteiger partial charge in [-0.2, -0.15) is 18.3 Å². The molecule has 100 valence electrons. The minimum atomic E-state index is -4.42. The number of carbonyl (C=O) groups is 1. The summed E-state index contributed by atoms with van der Waals surface area (Å²) in [5, 5.41) is 3.81. The molecule has 4 nitrogen and oxygen atoms in total. The van der Waals surface area contributed by atoms with Crippen LogP contribution in [0.4, 0.5) is 19.0 Å². The molecular weight excluding hydrogens is 259 g/mol. The molecule has 1 aromatic carbocycles. The Bertz CT molecular complexity index is 614. The first-order valence-electron chi connectivity index (χ1n) is 5.30. The summed E-state index contributed by atoms with van der Waals surface area (Å²) in [6.07, 6.45) is -3.13. The van der Waals surface area contributed by atoms with Gasteiger partial charge in [-0.1, -0.05) is 12.1 Å². The minimum Gasteiger partial charge on any atom is -0.383 e. The summed E-state index contributed by atoms with van der Waals surface area (Å²) in [5.41, 5.74) is 5.14. The maximum absolute atomic E-state index is 12.4. The van der Waals surface area contributed by atoms with E-state index in [1.54, 1.807) is 7.05 Å². The molecular formula is C12H10F3N3O. The molecule has 0 saturated heterocycles. The molecule has 0 radical (unpaired) electrons. The second-order valence-corrected chi connectivity index (χ2v) is 3.97. The number of aromatic nitrogens is 2. The van der Waals surface area contributed by atoms with Gasteiger partial charge in [-0.15, -0.1) is 0 Å². The van der Waals surface area contributed by atoms with E-state index in [0.717, 1.165) is 24.3 Å². The zero-order valence-corrected chi connectivity index (χ0v) is 9.90. The Kier molecular flexibility index (Phi) is 3.05. The highest BCUT2D eigenvalue weighted by molar-refractivity contribution is 6.11. The molecule has 2 rings (SSSR count). The lowest BCUT2D eigenvalue weighted by molar-refractivity contribution is -0.137. The Morgan fingerprint density at radius 1 is 1.26 bits per heavy atom. The third-order valence-electron chi connectivity index (χ3n) is 2.70. The number of nitrogens with two attached hydrogens (primary N) is 1. The Labute approximate surface area is 106 Å². The third-order valence-corrected chi connectivity index (χ3v) is 2.70. The van der Waals surface area contributed by atoms with E-state index in [0.29, 0.717) is 0 Å². The van der Waals surface area contributed by atoms with Gasteiger partial charge in [-0.25, -0.2) is 0 Å². The lowest BCUT2D eigenvalue weighted by atomic mass is 10.0. The van der Waals surface area contributed by atoms with Gasteiger partial charge in [0, 0.05) is 12.6 Å². The monoisotopic (exact) mass is 269 g/mol. The highest BCUT2D eigenvalue weighted by Crippen LogP contribution is 2.29. The van der Waals surface area contributed by atoms with Crippen molar-refractivity contribution < 1.29 is 18.0 Å². The summed E-state index contributed by atoms with van der Waals surface area (Å²) in [7, 11) is 1.57. The van der Waals surface area contributed by atoms with Gasteiger partial charge in [-0.3, -0.25) is 9.48 Å². The number of hydrogen-bond donors (Lipinski definition) is 1. The zero-order chi connectivity index (χ0) is 14.2. The van der Waals surface area contributed by atoms with Gasteiger partial charge in [-0.05, 0) is 12.1 Å². The summed E-state index contributed by atoms with van der Waals surface area (Å²) in [6.45, 7) is 0. The Hall–Kier alpha value is -2.31. The van der Waals surface area contributed by atoms with Crippen LogP contribution in [0.5, 0.6) is 0 Å². The topological polar surface area (TPSA) is 60.9 Å². The van der Waals surface area contributed by atoms with Gasteiger partial charge in [0.1, 0.15) is 5.82 Å². The van der Waals surface area contributed by atoms with Crippen molar-refractivity contribution in [2.24, 2.45) is 7.05 Å².